The van der Waals surface area contributed by atoms with Crippen LogP contribution in [-0.2, 0) is 7.05 Å². The van der Waals surface area contributed by atoms with Gasteiger partial charge in [-0.15, -0.1) is 0 Å². The molecule has 2 aromatic rings. The van der Waals surface area contributed by atoms with Crippen molar-refractivity contribution in [1.82, 2.24) is 4.57 Å². The number of nitriles is 1. The van der Waals surface area contributed by atoms with Gasteiger partial charge in [-0.2, -0.15) is 5.26 Å². The summed E-state index contributed by atoms with van der Waals surface area (Å²) in [6.45, 7) is 2.06. The summed E-state index contributed by atoms with van der Waals surface area (Å²) >= 11 is 0. The maximum Gasteiger partial charge on any atom is 0.0991 e. The number of fused-ring (bicyclic) bond motifs is 1. The van der Waals surface area contributed by atoms with Crippen LogP contribution in [-0.4, -0.2) is 4.57 Å². The minimum absolute atomic E-state index is 0.720. The van der Waals surface area contributed by atoms with E-state index in [0.717, 1.165) is 10.9 Å². The molecule has 64 valence electrons. The molecule has 0 fully saturated rings. The first-order chi connectivity index (χ1) is 6.22. The van der Waals surface area contributed by atoms with Crippen molar-refractivity contribution < 1.29 is 0 Å². The molecule has 13 heavy (non-hydrogen) atoms. The molecule has 0 radical (unpaired) electrons. The van der Waals surface area contributed by atoms with Gasteiger partial charge in [-0.05, 0) is 31.2 Å². The maximum absolute atomic E-state index is 8.72. The molecule has 2 nitrogen and oxygen atoms in total. The van der Waals surface area contributed by atoms with Crippen molar-refractivity contribution in [2.45, 2.75) is 6.92 Å². The average Bonchev–Trinajstić information content (AvgIpc) is 2.42. The Bertz CT molecular complexity index is 501. The van der Waals surface area contributed by atoms with E-state index in [4.69, 9.17) is 5.26 Å². The number of hydrogen-bond acceptors (Lipinski definition) is 1. The zero-order valence-corrected chi connectivity index (χ0v) is 7.70. The Labute approximate surface area is 77.0 Å². The summed E-state index contributed by atoms with van der Waals surface area (Å²) in [7, 11) is 2.03. The van der Waals surface area contributed by atoms with Gasteiger partial charge in [-0.25, -0.2) is 0 Å². The lowest BCUT2D eigenvalue weighted by atomic mass is 10.2. The van der Waals surface area contributed by atoms with Crippen LogP contribution in [0.5, 0.6) is 0 Å². The zero-order chi connectivity index (χ0) is 9.42. The fourth-order valence-corrected chi connectivity index (χ4v) is 1.56. The third-order valence-electron chi connectivity index (χ3n) is 2.41. The molecule has 0 saturated carbocycles. The molecule has 2 heteroatoms. The molecule has 0 saturated heterocycles. The lowest BCUT2D eigenvalue weighted by Crippen LogP contribution is -1.88. The van der Waals surface area contributed by atoms with Crippen molar-refractivity contribution in [3.8, 4) is 6.07 Å². The van der Waals surface area contributed by atoms with Gasteiger partial charge in [0.1, 0.15) is 0 Å². The molecule has 0 bridgehead atoms. The SMILES string of the molecule is Cc1cc2cc(C#N)ccc2n1C. The average molecular weight is 170 g/mol. The van der Waals surface area contributed by atoms with E-state index in [9.17, 15) is 0 Å². The van der Waals surface area contributed by atoms with Gasteiger partial charge in [0.2, 0.25) is 0 Å². The van der Waals surface area contributed by atoms with Gasteiger partial charge in [-0.3, -0.25) is 0 Å². The van der Waals surface area contributed by atoms with E-state index in [1.165, 1.54) is 11.2 Å². The van der Waals surface area contributed by atoms with E-state index in [1.54, 1.807) is 0 Å². The van der Waals surface area contributed by atoms with Gasteiger partial charge in [0.25, 0.3) is 0 Å². The van der Waals surface area contributed by atoms with E-state index < -0.39 is 0 Å². The zero-order valence-electron chi connectivity index (χ0n) is 7.70. The quantitative estimate of drug-likeness (QED) is 0.596. The van der Waals surface area contributed by atoms with Crippen molar-refractivity contribution in [2.24, 2.45) is 7.05 Å². The lowest BCUT2D eigenvalue weighted by Gasteiger charge is -1.97. The molecular weight excluding hydrogens is 160 g/mol. The molecule has 0 N–H and O–H groups in total. The van der Waals surface area contributed by atoms with Gasteiger partial charge < -0.3 is 4.57 Å². The predicted molar refractivity (Wildman–Crippen MR) is 52.4 cm³/mol. The van der Waals surface area contributed by atoms with Crippen molar-refractivity contribution in [2.75, 3.05) is 0 Å². The summed E-state index contributed by atoms with van der Waals surface area (Å²) in [5, 5.41) is 9.85. The van der Waals surface area contributed by atoms with Crippen molar-refractivity contribution >= 4 is 10.9 Å². The van der Waals surface area contributed by atoms with Crippen molar-refractivity contribution in [3.63, 3.8) is 0 Å². The van der Waals surface area contributed by atoms with Crippen molar-refractivity contribution in [3.05, 3.63) is 35.5 Å². The Morgan fingerprint density at radius 1 is 1.31 bits per heavy atom. The van der Waals surface area contributed by atoms with Crippen LogP contribution in [0.1, 0.15) is 11.3 Å². The van der Waals surface area contributed by atoms with E-state index in [2.05, 4.69) is 23.6 Å². The van der Waals surface area contributed by atoms with Crippen LogP contribution in [0.15, 0.2) is 24.3 Å². The molecule has 2 rings (SSSR count). The summed E-state index contributed by atoms with van der Waals surface area (Å²) < 4.78 is 2.12. The summed E-state index contributed by atoms with van der Waals surface area (Å²) in [6, 6.07) is 9.99. The highest BCUT2D eigenvalue weighted by atomic mass is 14.9. The van der Waals surface area contributed by atoms with Crippen LogP contribution in [0.3, 0.4) is 0 Å². The monoisotopic (exact) mass is 170 g/mol. The van der Waals surface area contributed by atoms with Crippen LogP contribution in [0.4, 0.5) is 0 Å². The summed E-state index contributed by atoms with van der Waals surface area (Å²) in [5.41, 5.74) is 3.11. The van der Waals surface area contributed by atoms with E-state index in [-0.39, 0.29) is 0 Å². The standard InChI is InChI=1S/C11H10N2/c1-8-5-10-6-9(7-12)3-4-11(10)13(8)2/h3-6H,1-2H3. The molecule has 0 amide bonds. The second kappa shape index (κ2) is 2.63. The Kier molecular flexibility index (Phi) is 1.60. The largest absolute Gasteiger partial charge is 0.348 e. The summed E-state index contributed by atoms with van der Waals surface area (Å²) in [4.78, 5) is 0. The smallest absolute Gasteiger partial charge is 0.0991 e. The molecule has 0 unspecified atom stereocenters. The Hall–Kier alpha value is -1.75. The Morgan fingerprint density at radius 2 is 2.08 bits per heavy atom. The molecule has 1 aromatic carbocycles. The fourth-order valence-electron chi connectivity index (χ4n) is 1.56. The number of aromatic nitrogens is 1. The van der Waals surface area contributed by atoms with Gasteiger partial charge >= 0.3 is 0 Å². The Morgan fingerprint density at radius 3 is 2.77 bits per heavy atom. The molecule has 0 spiro atoms. The normalized spacial score (nSPS) is 10.2. The first-order valence-corrected chi connectivity index (χ1v) is 4.18. The van der Waals surface area contributed by atoms with Gasteiger partial charge in [0.15, 0.2) is 0 Å². The first kappa shape index (κ1) is 7.88. The number of hydrogen-bond donors (Lipinski definition) is 0. The maximum atomic E-state index is 8.72. The first-order valence-electron chi connectivity index (χ1n) is 4.18. The highest BCUT2D eigenvalue weighted by Gasteiger charge is 2.01. The minimum atomic E-state index is 0.720. The van der Waals surface area contributed by atoms with Crippen molar-refractivity contribution in [1.29, 1.82) is 5.26 Å². The highest BCUT2D eigenvalue weighted by molar-refractivity contribution is 5.82. The molecule has 0 aliphatic heterocycles. The third kappa shape index (κ3) is 1.09. The second-order valence-electron chi connectivity index (χ2n) is 3.23. The molecule has 1 heterocycles. The van der Waals surface area contributed by atoms with Crippen LogP contribution in [0.2, 0.25) is 0 Å². The lowest BCUT2D eigenvalue weighted by molar-refractivity contribution is 0.918. The van der Waals surface area contributed by atoms with Crippen LogP contribution < -0.4 is 0 Å². The molecule has 0 aliphatic carbocycles. The summed E-state index contributed by atoms with van der Waals surface area (Å²) in [5.74, 6) is 0. The molecule has 1 aromatic heterocycles. The van der Waals surface area contributed by atoms with E-state index in [1.807, 2.05) is 25.2 Å². The van der Waals surface area contributed by atoms with Gasteiger partial charge in [0.05, 0.1) is 11.6 Å². The third-order valence-corrected chi connectivity index (χ3v) is 2.41. The topological polar surface area (TPSA) is 28.7 Å². The number of rotatable bonds is 0. The second-order valence-corrected chi connectivity index (χ2v) is 3.23. The van der Waals surface area contributed by atoms with Gasteiger partial charge in [0, 0.05) is 23.6 Å². The summed E-state index contributed by atoms with van der Waals surface area (Å²) in [6.07, 6.45) is 0. The molecule has 0 atom stereocenters. The van der Waals surface area contributed by atoms with Crippen LogP contribution in [0, 0.1) is 18.3 Å². The number of benzene rings is 1. The number of nitrogens with zero attached hydrogens (tertiary/aromatic N) is 2. The minimum Gasteiger partial charge on any atom is -0.348 e. The molecule has 0 aliphatic rings. The highest BCUT2D eigenvalue weighted by Crippen LogP contribution is 2.19. The van der Waals surface area contributed by atoms with Crippen LogP contribution >= 0.6 is 0 Å². The van der Waals surface area contributed by atoms with Gasteiger partial charge in [-0.1, -0.05) is 0 Å². The fraction of sp³-hybridized carbons (Fsp3) is 0.182. The Balaban J connectivity index is 2.82. The molecular formula is C11H10N2. The predicted octanol–water partition coefficient (Wildman–Crippen LogP) is 2.36. The van der Waals surface area contributed by atoms with E-state index in [0.29, 0.717) is 0 Å². The number of aryl methyl sites for hydroxylation is 2. The van der Waals surface area contributed by atoms with Crippen LogP contribution in [0.25, 0.3) is 10.9 Å². The van der Waals surface area contributed by atoms with E-state index >= 15 is 0 Å².